The Kier molecular flexibility index (Phi) is 4.02. The van der Waals surface area contributed by atoms with Crippen molar-refractivity contribution in [3.63, 3.8) is 0 Å². The van der Waals surface area contributed by atoms with Crippen LogP contribution < -0.4 is 11.1 Å². The molecule has 16 heavy (non-hydrogen) atoms. The molecule has 0 aliphatic heterocycles. The number of furan rings is 1. The van der Waals surface area contributed by atoms with Gasteiger partial charge in [0.05, 0.1) is 6.26 Å². The Morgan fingerprint density at radius 2 is 2.44 bits per heavy atom. The largest absolute Gasteiger partial charge is 0.469 e. The Hall–Kier alpha value is -0.800. The molecule has 3 N–H and O–H groups in total. The molecule has 90 valence electrons. The number of rotatable bonds is 5. The normalized spacial score (nSPS) is 27.1. The fourth-order valence-corrected chi connectivity index (χ4v) is 2.69. The van der Waals surface area contributed by atoms with E-state index >= 15 is 0 Å². The van der Waals surface area contributed by atoms with Crippen molar-refractivity contribution in [1.82, 2.24) is 5.32 Å². The molecule has 2 rings (SSSR count). The SMILES string of the molecule is CC(Cc1ccco1)NC1CCCC1CN. The Bertz CT molecular complexity index is 297. The van der Waals surface area contributed by atoms with Crippen molar-refractivity contribution >= 4 is 0 Å². The average Bonchev–Trinajstić information content (AvgIpc) is 2.88. The Labute approximate surface area is 97.4 Å². The highest BCUT2D eigenvalue weighted by Crippen LogP contribution is 2.25. The van der Waals surface area contributed by atoms with Crippen LogP contribution in [0.15, 0.2) is 22.8 Å². The van der Waals surface area contributed by atoms with E-state index in [-0.39, 0.29) is 0 Å². The van der Waals surface area contributed by atoms with Gasteiger partial charge in [0.15, 0.2) is 0 Å². The van der Waals surface area contributed by atoms with Crippen LogP contribution in [0.5, 0.6) is 0 Å². The van der Waals surface area contributed by atoms with Crippen LogP contribution in [0.25, 0.3) is 0 Å². The Balaban J connectivity index is 1.80. The predicted molar refractivity (Wildman–Crippen MR) is 65.2 cm³/mol. The fourth-order valence-electron chi connectivity index (χ4n) is 2.69. The molecular formula is C13H22N2O. The van der Waals surface area contributed by atoms with Crippen molar-refractivity contribution in [2.45, 2.75) is 44.7 Å². The van der Waals surface area contributed by atoms with E-state index in [4.69, 9.17) is 10.2 Å². The molecule has 1 fully saturated rings. The Morgan fingerprint density at radius 3 is 3.12 bits per heavy atom. The van der Waals surface area contributed by atoms with Gasteiger partial charge in [0, 0.05) is 18.5 Å². The first-order chi connectivity index (χ1) is 7.79. The number of hydrogen-bond acceptors (Lipinski definition) is 3. The third-order valence-electron chi connectivity index (χ3n) is 3.55. The van der Waals surface area contributed by atoms with E-state index in [1.165, 1.54) is 19.3 Å². The molecular weight excluding hydrogens is 200 g/mol. The van der Waals surface area contributed by atoms with E-state index in [9.17, 15) is 0 Å². The molecule has 0 saturated heterocycles. The van der Waals surface area contributed by atoms with Gasteiger partial charge < -0.3 is 15.5 Å². The molecule has 0 bridgehead atoms. The lowest BCUT2D eigenvalue weighted by molar-refractivity contribution is 0.356. The molecule has 1 heterocycles. The van der Waals surface area contributed by atoms with Gasteiger partial charge in [-0.3, -0.25) is 0 Å². The summed E-state index contributed by atoms with van der Waals surface area (Å²) in [5, 5.41) is 3.68. The molecule has 3 atom stereocenters. The average molecular weight is 222 g/mol. The third kappa shape index (κ3) is 2.86. The van der Waals surface area contributed by atoms with Gasteiger partial charge in [-0.1, -0.05) is 6.42 Å². The van der Waals surface area contributed by atoms with Crippen LogP contribution in [0.1, 0.15) is 31.9 Å². The summed E-state index contributed by atoms with van der Waals surface area (Å²) in [6.45, 7) is 3.03. The number of nitrogens with one attached hydrogen (secondary N) is 1. The second-order valence-corrected chi connectivity index (χ2v) is 4.88. The van der Waals surface area contributed by atoms with Gasteiger partial charge in [0.1, 0.15) is 5.76 Å². The highest BCUT2D eigenvalue weighted by Gasteiger charge is 2.26. The summed E-state index contributed by atoms with van der Waals surface area (Å²) in [5.74, 6) is 1.72. The molecule has 0 radical (unpaired) electrons. The van der Waals surface area contributed by atoms with Gasteiger partial charge in [-0.05, 0) is 44.4 Å². The van der Waals surface area contributed by atoms with E-state index in [0.717, 1.165) is 18.7 Å². The minimum atomic E-state index is 0.461. The topological polar surface area (TPSA) is 51.2 Å². The monoisotopic (exact) mass is 222 g/mol. The second-order valence-electron chi connectivity index (χ2n) is 4.88. The van der Waals surface area contributed by atoms with Crippen molar-refractivity contribution in [3.05, 3.63) is 24.2 Å². The standard InChI is InChI=1S/C13H22N2O/c1-10(8-12-5-3-7-16-12)15-13-6-2-4-11(13)9-14/h3,5,7,10-11,13,15H,2,4,6,8-9,14H2,1H3. The van der Waals surface area contributed by atoms with E-state index in [0.29, 0.717) is 18.0 Å². The van der Waals surface area contributed by atoms with Crippen LogP contribution in [0.2, 0.25) is 0 Å². The van der Waals surface area contributed by atoms with Crippen molar-refractivity contribution < 1.29 is 4.42 Å². The first-order valence-corrected chi connectivity index (χ1v) is 6.28. The quantitative estimate of drug-likeness (QED) is 0.800. The zero-order valence-corrected chi connectivity index (χ0v) is 9.99. The predicted octanol–water partition coefficient (Wildman–Crippen LogP) is 1.93. The van der Waals surface area contributed by atoms with Gasteiger partial charge in [0.2, 0.25) is 0 Å². The molecule has 0 aromatic carbocycles. The molecule has 1 aliphatic rings. The van der Waals surface area contributed by atoms with E-state index in [1.807, 2.05) is 12.1 Å². The van der Waals surface area contributed by atoms with E-state index in [2.05, 4.69) is 12.2 Å². The molecule has 1 aliphatic carbocycles. The minimum absolute atomic E-state index is 0.461. The van der Waals surface area contributed by atoms with Crippen LogP contribution in [-0.4, -0.2) is 18.6 Å². The minimum Gasteiger partial charge on any atom is -0.469 e. The summed E-state index contributed by atoms with van der Waals surface area (Å²) in [6, 6.07) is 5.05. The summed E-state index contributed by atoms with van der Waals surface area (Å²) < 4.78 is 5.36. The van der Waals surface area contributed by atoms with Gasteiger partial charge in [0.25, 0.3) is 0 Å². The highest BCUT2D eigenvalue weighted by atomic mass is 16.3. The fraction of sp³-hybridized carbons (Fsp3) is 0.692. The summed E-state index contributed by atoms with van der Waals surface area (Å²) in [7, 11) is 0. The second kappa shape index (κ2) is 5.51. The zero-order valence-electron chi connectivity index (χ0n) is 9.99. The smallest absolute Gasteiger partial charge is 0.105 e. The third-order valence-corrected chi connectivity index (χ3v) is 3.55. The van der Waals surface area contributed by atoms with Gasteiger partial charge in [-0.25, -0.2) is 0 Å². The maximum atomic E-state index is 5.78. The van der Waals surface area contributed by atoms with Crippen LogP contribution in [0.3, 0.4) is 0 Å². The molecule has 0 amide bonds. The zero-order chi connectivity index (χ0) is 11.4. The first-order valence-electron chi connectivity index (χ1n) is 6.28. The highest BCUT2D eigenvalue weighted by molar-refractivity contribution is 5.00. The molecule has 3 heteroatoms. The van der Waals surface area contributed by atoms with Crippen LogP contribution >= 0.6 is 0 Å². The lowest BCUT2D eigenvalue weighted by atomic mass is 10.0. The van der Waals surface area contributed by atoms with Crippen molar-refractivity contribution in [1.29, 1.82) is 0 Å². The number of hydrogen-bond donors (Lipinski definition) is 2. The summed E-state index contributed by atoms with van der Waals surface area (Å²) in [5.41, 5.74) is 5.78. The van der Waals surface area contributed by atoms with Crippen molar-refractivity contribution in [2.75, 3.05) is 6.54 Å². The van der Waals surface area contributed by atoms with Crippen molar-refractivity contribution in [3.8, 4) is 0 Å². The van der Waals surface area contributed by atoms with Gasteiger partial charge >= 0.3 is 0 Å². The summed E-state index contributed by atoms with van der Waals surface area (Å²) >= 11 is 0. The molecule has 0 spiro atoms. The van der Waals surface area contributed by atoms with Crippen LogP contribution in [-0.2, 0) is 6.42 Å². The summed E-state index contributed by atoms with van der Waals surface area (Å²) in [6.07, 6.45) is 6.56. The Morgan fingerprint density at radius 1 is 1.56 bits per heavy atom. The molecule has 3 unspecified atom stereocenters. The van der Waals surface area contributed by atoms with Gasteiger partial charge in [-0.15, -0.1) is 0 Å². The molecule has 3 nitrogen and oxygen atoms in total. The van der Waals surface area contributed by atoms with Crippen LogP contribution in [0.4, 0.5) is 0 Å². The number of nitrogens with two attached hydrogens (primary N) is 1. The summed E-state index contributed by atoms with van der Waals surface area (Å²) in [4.78, 5) is 0. The maximum absolute atomic E-state index is 5.78. The molecule has 1 aromatic rings. The van der Waals surface area contributed by atoms with E-state index in [1.54, 1.807) is 6.26 Å². The van der Waals surface area contributed by atoms with Gasteiger partial charge in [-0.2, -0.15) is 0 Å². The lowest BCUT2D eigenvalue weighted by Crippen LogP contribution is -2.42. The molecule has 1 saturated carbocycles. The van der Waals surface area contributed by atoms with E-state index < -0.39 is 0 Å². The first kappa shape index (κ1) is 11.7. The lowest BCUT2D eigenvalue weighted by Gasteiger charge is -2.23. The maximum Gasteiger partial charge on any atom is 0.105 e. The molecule has 1 aromatic heterocycles. The van der Waals surface area contributed by atoms with Crippen LogP contribution in [0, 0.1) is 5.92 Å². The van der Waals surface area contributed by atoms with Crippen molar-refractivity contribution in [2.24, 2.45) is 11.7 Å².